The number of hydrogen-bond donors (Lipinski definition) is 1. The van der Waals surface area contributed by atoms with Crippen molar-refractivity contribution in [2.24, 2.45) is 11.1 Å². The van der Waals surface area contributed by atoms with E-state index in [1.807, 2.05) is 19.9 Å². The molecule has 4 rings (SSSR count). The first-order chi connectivity index (χ1) is 14.7. The van der Waals surface area contributed by atoms with Gasteiger partial charge in [0.05, 0.1) is 5.92 Å². The van der Waals surface area contributed by atoms with Crippen LogP contribution in [0.2, 0.25) is 0 Å². The maximum Gasteiger partial charge on any atom is 0.205 e. The summed E-state index contributed by atoms with van der Waals surface area (Å²) in [6, 6.07) is 8.25. The van der Waals surface area contributed by atoms with E-state index >= 15 is 0 Å². The quantitative estimate of drug-likeness (QED) is 0.768. The number of furan rings is 1. The van der Waals surface area contributed by atoms with Crippen LogP contribution in [0, 0.1) is 28.4 Å². The number of nitrogens with two attached hydrogens (primary N) is 1. The van der Waals surface area contributed by atoms with Gasteiger partial charge in [-0.3, -0.25) is 4.79 Å². The predicted octanol–water partition coefficient (Wildman–Crippen LogP) is 4.59. The Bertz CT molecular complexity index is 1170. The number of nitrogens with zero attached hydrogens (tertiary/aromatic N) is 1. The lowest BCUT2D eigenvalue weighted by atomic mass is 9.71. The number of ketones is 1. The van der Waals surface area contributed by atoms with E-state index in [4.69, 9.17) is 19.6 Å². The van der Waals surface area contributed by atoms with Crippen molar-refractivity contribution in [1.82, 2.24) is 0 Å². The zero-order chi connectivity index (χ0) is 22.3. The highest BCUT2D eigenvalue weighted by Gasteiger charge is 2.44. The maximum absolute atomic E-state index is 13.8. The lowest BCUT2D eigenvalue weighted by molar-refractivity contribution is -0.119. The van der Waals surface area contributed by atoms with Gasteiger partial charge in [-0.05, 0) is 29.7 Å². The van der Waals surface area contributed by atoms with Gasteiger partial charge in [-0.15, -0.1) is 0 Å². The number of allylic oxidation sites excluding steroid dienone is 3. The third-order valence-electron chi connectivity index (χ3n) is 5.31. The molecule has 0 radical (unpaired) electrons. The molecule has 1 aromatic carbocycles. The minimum Gasteiger partial charge on any atom is -0.483 e. The highest BCUT2D eigenvalue weighted by molar-refractivity contribution is 5.99. The van der Waals surface area contributed by atoms with E-state index in [9.17, 15) is 18.8 Å². The summed E-state index contributed by atoms with van der Waals surface area (Å²) < 4.78 is 43.7. The van der Waals surface area contributed by atoms with E-state index in [0.717, 1.165) is 12.1 Å². The first kappa shape index (κ1) is 20.7. The van der Waals surface area contributed by atoms with E-state index in [2.05, 4.69) is 0 Å². The zero-order valence-electron chi connectivity index (χ0n) is 17.0. The van der Waals surface area contributed by atoms with Crippen LogP contribution in [0.15, 0.2) is 57.5 Å². The Morgan fingerprint density at radius 2 is 2.03 bits per heavy atom. The molecule has 8 heteroatoms. The average Bonchev–Trinajstić information content (AvgIpc) is 3.14. The second-order valence-electron chi connectivity index (χ2n) is 8.37. The van der Waals surface area contributed by atoms with Crippen LogP contribution < -0.4 is 10.5 Å². The molecule has 1 atom stereocenters. The van der Waals surface area contributed by atoms with Gasteiger partial charge in [-0.2, -0.15) is 5.26 Å². The summed E-state index contributed by atoms with van der Waals surface area (Å²) in [5.74, 6) is -1.50. The molecular weight excluding hydrogens is 406 g/mol. The van der Waals surface area contributed by atoms with Crippen LogP contribution >= 0.6 is 0 Å². The molecule has 0 amide bonds. The largest absolute Gasteiger partial charge is 0.483 e. The molecule has 0 fully saturated rings. The van der Waals surface area contributed by atoms with Crippen molar-refractivity contribution >= 4 is 5.78 Å². The minimum atomic E-state index is -0.830. The Kier molecular flexibility index (Phi) is 5.05. The van der Waals surface area contributed by atoms with Crippen molar-refractivity contribution in [2.45, 2.75) is 39.2 Å². The van der Waals surface area contributed by atoms with Gasteiger partial charge in [-0.25, -0.2) is 8.78 Å². The zero-order valence-corrected chi connectivity index (χ0v) is 17.0. The van der Waals surface area contributed by atoms with Crippen LogP contribution in [-0.4, -0.2) is 5.78 Å². The van der Waals surface area contributed by atoms with Gasteiger partial charge in [-0.1, -0.05) is 13.8 Å². The van der Waals surface area contributed by atoms with Crippen LogP contribution in [0.5, 0.6) is 5.75 Å². The third kappa shape index (κ3) is 3.91. The van der Waals surface area contributed by atoms with Crippen LogP contribution in [0.1, 0.15) is 44.1 Å². The Hall–Kier alpha value is -3.60. The Morgan fingerprint density at radius 3 is 2.74 bits per heavy atom. The first-order valence-corrected chi connectivity index (χ1v) is 9.69. The van der Waals surface area contributed by atoms with Crippen LogP contribution in [0.4, 0.5) is 8.78 Å². The number of Topliss-reactive ketones (excluding diaryl/α,β-unsaturated/α-hetero) is 1. The summed E-state index contributed by atoms with van der Waals surface area (Å²) in [4.78, 5) is 12.9. The topological polar surface area (TPSA) is 98.5 Å². The molecule has 6 nitrogen and oxygen atoms in total. The number of hydrogen-bond acceptors (Lipinski definition) is 6. The minimum absolute atomic E-state index is 0.0562. The summed E-state index contributed by atoms with van der Waals surface area (Å²) in [6.07, 6.45) is 0.815. The Labute approximate surface area is 177 Å². The van der Waals surface area contributed by atoms with Crippen LogP contribution in [0.25, 0.3) is 0 Å². The van der Waals surface area contributed by atoms with Crippen molar-refractivity contribution in [3.63, 3.8) is 0 Å². The van der Waals surface area contributed by atoms with Gasteiger partial charge in [0.2, 0.25) is 5.88 Å². The molecule has 1 aliphatic carbocycles. The molecular formula is C23H20F2N2O4. The van der Waals surface area contributed by atoms with E-state index < -0.39 is 17.6 Å². The highest BCUT2D eigenvalue weighted by atomic mass is 19.1. The van der Waals surface area contributed by atoms with Crippen molar-refractivity contribution in [1.29, 1.82) is 5.26 Å². The molecule has 2 heterocycles. The van der Waals surface area contributed by atoms with Gasteiger partial charge in [0, 0.05) is 24.5 Å². The lowest BCUT2D eigenvalue weighted by Gasteiger charge is -2.36. The molecule has 2 N–H and O–H groups in total. The number of nitriles is 1. The fourth-order valence-corrected chi connectivity index (χ4v) is 3.94. The molecule has 0 saturated heterocycles. The molecule has 0 unspecified atom stereocenters. The number of ether oxygens (including phenoxy) is 2. The van der Waals surface area contributed by atoms with Crippen molar-refractivity contribution in [3.05, 3.63) is 76.3 Å². The monoisotopic (exact) mass is 426 g/mol. The smallest absolute Gasteiger partial charge is 0.205 e. The summed E-state index contributed by atoms with van der Waals surface area (Å²) in [5, 5.41) is 9.64. The normalized spacial score (nSPS) is 20.2. The molecule has 1 aromatic heterocycles. The molecule has 0 spiro atoms. The Morgan fingerprint density at radius 1 is 1.26 bits per heavy atom. The number of carbonyl (C=O) groups is 1. The molecule has 1 aliphatic heterocycles. The molecule has 31 heavy (non-hydrogen) atoms. The van der Waals surface area contributed by atoms with Crippen LogP contribution in [0.3, 0.4) is 0 Å². The number of benzene rings is 1. The highest BCUT2D eigenvalue weighted by Crippen LogP contribution is 2.48. The van der Waals surface area contributed by atoms with Gasteiger partial charge in [0.1, 0.15) is 41.3 Å². The van der Waals surface area contributed by atoms with Gasteiger partial charge in [0.15, 0.2) is 17.3 Å². The Balaban J connectivity index is 1.63. The number of carbonyl (C=O) groups excluding carboxylic acids is 1. The molecule has 2 aliphatic rings. The van der Waals surface area contributed by atoms with E-state index in [1.165, 1.54) is 6.07 Å². The summed E-state index contributed by atoms with van der Waals surface area (Å²) in [6.45, 7) is 3.80. The van der Waals surface area contributed by atoms with E-state index in [1.54, 1.807) is 12.1 Å². The fourth-order valence-electron chi connectivity index (χ4n) is 3.94. The molecule has 0 bridgehead atoms. The third-order valence-corrected chi connectivity index (χ3v) is 5.31. The van der Waals surface area contributed by atoms with E-state index in [0.29, 0.717) is 35.7 Å². The van der Waals surface area contributed by atoms with Crippen molar-refractivity contribution in [3.8, 4) is 11.8 Å². The molecule has 0 saturated carbocycles. The molecule has 2 aromatic rings. The molecule has 160 valence electrons. The van der Waals surface area contributed by atoms with Crippen LogP contribution in [-0.2, 0) is 16.1 Å². The second kappa shape index (κ2) is 7.58. The average molecular weight is 426 g/mol. The van der Waals surface area contributed by atoms with Gasteiger partial charge in [0.25, 0.3) is 0 Å². The van der Waals surface area contributed by atoms with Gasteiger partial charge < -0.3 is 19.6 Å². The van der Waals surface area contributed by atoms with Gasteiger partial charge >= 0.3 is 0 Å². The predicted molar refractivity (Wildman–Crippen MR) is 105 cm³/mol. The van der Waals surface area contributed by atoms with E-state index in [-0.39, 0.29) is 35.0 Å². The first-order valence-electron chi connectivity index (χ1n) is 9.69. The standard InChI is InChI=1S/C23H20F2N2O4/c1-23(2)8-16(28)21-19(9-23)31-22(27)14(10-26)20(21)18-6-4-13(30-18)11-29-17-5-3-12(24)7-15(17)25/h3-7,20H,8-9,11,27H2,1-2H3/t20-/m0/s1. The maximum atomic E-state index is 13.8. The summed E-state index contributed by atoms with van der Waals surface area (Å²) in [5.41, 5.74) is 6.16. The summed E-state index contributed by atoms with van der Waals surface area (Å²) >= 11 is 0. The van der Waals surface area contributed by atoms with Crippen molar-refractivity contribution in [2.75, 3.05) is 0 Å². The lowest BCUT2D eigenvalue weighted by Crippen LogP contribution is -2.33. The number of halogens is 2. The SMILES string of the molecule is CC1(C)CC(=O)C2=C(C1)OC(N)=C(C#N)[C@H]2c1ccc(COc2ccc(F)cc2F)o1. The van der Waals surface area contributed by atoms with Crippen molar-refractivity contribution < 1.29 is 27.5 Å². The fraction of sp³-hybridized carbons (Fsp3) is 0.304. The number of rotatable bonds is 4. The second-order valence-corrected chi connectivity index (χ2v) is 8.37. The summed E-state index contributed by atoms with van der Waals surface area (Å²) in [7, 11) is 0.